The summed E-state index contributed by atoms with van der Waals surface area (Å²) in [5.41, 5.74) is 0. The molecular weight excluding hydrogens is 417 g/mol. The van der Waals surface area contributed by atoms with E-state index in [0.717, 1.165) is 12.1 Å². The second kappa shape index (κ2) is 8.05. The topological polar surface area (TPSA) is 201 Å². The maximum absolute atomic E-state index is 10.7. The van der Waals surface area contributed by atoms with Crippen LogP contribution >= 0.6 is 15.4 Å². The average Bonchev–Trinajstić information content (AvgIpc) is 2.12. The fourth-order valence-electron chi connectivity index (χ4n) is 0.902. The predicted molar refractivity (Wildman–Crippen MR) is 53.3 cm³/mol. The fourth-order valence-corrected chi connectivity index (χ4v) is 2.78. The van der Waals surface area contributed by atoms with E-state index in [2.05, 4.69) is 0 Å². The zero-order valence-corrected chi connectivity index (χ0v) is 14.3. The first-order valence-electron chi connectivity index (χ1n) is 4.07. The summed E-state index contributed by atoms with van der Waals surface area (Å²) >= 11 is 0. The van der Waals surface area contributed by atoms with Crippen molar-refractivity contribution in [2.24, 2.45) is 0 Å². The Morgan fingerprint density at radius 2 is 1.35 bits per heavy atom. The molecule has 10 nitrogen and oxygen atoms in total. The Morgan fingerprint density at radius 1 is 1.00 bits per heavy atom. The molecule has 0 radical (unpaired) electrons. The van der Waals surface area contributed by atoms with Crippen molar-refractivity contribution in [2.75, 3.05) is 0 Å². The van der Waals surface area contributed by atoms with E-state index in [-0.39, 0.29) is 26.2 Å². The Labute approximate surface area is 132 Å². The van der Waals surface area contributed by atoms with E-state index in [9.17, 15) is 22.8 Å². The number of hydrogen-bond acceptors (Lipinski definition) is 8. The molecule has 0 amide bonds. The third-order valence-corrected chi connectivity index (χ3v) is 3.48. The smallest absolute Gasteiger partial charge is 0.807 e. The molecule has 1 rings (SSSR count). The van der Waals surface area contributed by atoms with Crippen molar-refractivity contribution >= 4 is 30.8 Å². The van der Waals surface area contributed by atoms with Crippen molar-refractivity contribution in [3.63, 3.8) is 0 Å². The van der Waals surface area contributed by atoms with E-state index in [4.69, 9.17) is 23.8 Å². The van der Waals surface area contributed by atoms with Gasteiger partial charge in [-0.05, 0) is 13.7 Å². The summed E-state index contributed by atoms with van der Waals surface area (Å²) in [5.74, 6) is 0. The van der Waals surface area contributed by atoms with Crippen LogP contribution in [0.5, 0.6) is 0 Å². The van der Waals surface area contributed by atoms with Gasteiger partial charge in [0.2, 0.25) is 0 Å². The molecule has 14 heteroatoms. The Morgan fingerprint density at radius 3 is 1.60 bits per heavy atom. The van der Waals surface area contributed by atoms with Crippen LogP contribution in [-0.4, -0.2) is 17.9 Å². The van der Waals surface area contributed by atoms with Crippen molar-refractivity contribution < 1.29 is 72.8 Å². The molecule has 0 spiro atoms. The second-order valence-corrected chi connectivity index (χ2v) is 6.71. The van der Waals surface area contributed by atoms with Crippen molar-refractivity contribution in [3.05, 3.63) is 24.3 Å². The quantitative estimate of drug-likeness (QED) is 0.352. The molecule has 0 aliphatic carbocycles. The van der Waals surface area contributed by atoms with Gasteiger partial charge >= 0.3 is 26.2 Å². The summed E-state index contributed by atoms with van der Waals surface area (Å²) in [7, 11) is -15.0. The van der Waals surface area contributed by atoms with E-state index in [0.29, 0.717) is 0 Å². The minimum Gasteiger partial charge on any atom is -0.807 e. The Hall–Kier alpha value is 0.273. The van der Waals surface area contributed by atoms with Gasteiger partial charge in [0.05, 0.1) is 7.82 Å². The van der Waals surface area contributed by atoms with Crippen LogP contribution in [0.1, 0.15) is 0 Å². The molecule has 0 fully saturated rings. The van der Waals surface area contributed by atoms with E-state index < -0.39 is 35.7 Å². The molecule has 0 aromatic heterocycles. The molecule has 0 aliphatic heterocycles. The van der Waals surface area contributed by atoms with Crippen molar-refractivity contribution in [1.82, 2.24) is 0 Å². The maximum atomic E-state index is 10.7. The number of phosphoric acid groups is 1. The fraction of sp³-hybridized carbons (Fsp3) is 0. The van der Waals surface area contributed by atoms with Gasteiger partial charge < -0.3 is 33.6 Å². The summed E-state index contributed by atoms with van der Waals surface area (Å²) in [6, 6.07) is 4.05. The third kappa shape index (κ3) is 10.1. The van der Waals surface area contributed by atoms with Crippen LogP contribution in [0.25, 0.3) is 0 Å². The molecule has 0 heterocycles. The van der Waals surface area contributed by atoms with Gasteiger partial charge in [-0.25, -0.2) is 0 Å². The molecule has 0 aliphatic rings. The molecule has 0 saturated heterocycles. The monoisotopic (exact) mass is 422 g/mol. The van der Waals surface area contributed by atoms with Crippen LogP contribution in [0.15, 0.2) is 29.2 Å². The van der Waals surface area contributed by atoms with Crippen molar-refractivity contribution in [1.29, 1.82) is 0 Å². The van der Waals surface area contributed by atoms with Crippen LogP contribution in [0.4, 0.5) is 0 Å². The molecule has 2 N–H and O–H groups in total. The largest absolute Gasteiger partial charge is 4.00 e. The first-order valence-corrected chi connectivity index (χ1v) is 8.54. The minimum absolute atomic E-state index is 0. The first kappa shape index (κ1) is 22.6. The Kier molecular flexibility index (Phi) is 9.08. The molecule has 1 aromatic carbocycles. The van der Waals surface area contributed by atoms with Gasteiger partial charge in [0.1, 0.15) is 4.90 Å². The molecule has 0 bridgehead atoms. The molecule has 0 unspecified atom stereocenters. The molecule has 0 atom stereocenters. The Balaban J connectivity index is 0. The van der Waals surface area contributed by atoms with Crippen LogP contribution in [0, 0.1) is 0 Å². The van der Waals surface area contributed by atoms with Gasteiger partial charge in [0.15, 0.2) is 0 Å². The van der Waals surface area contributed by atoms with Gasteiger partial charge in [0.25, 0.3) is 10.1 Å². The Bertz CT molecular complexity index is 623. The maximum Gasteiger partial charge on any atom is 4.00 e. The summed E-state index contributed by atoms with van der Waals surface area (Å²) in [5, 5.41) is -0.928. The summed E-state index contributed by atoms with van der Waals surface area (Å²) in [6.07, 6.45) is 0. The van der Waals surface area contributed by atoms with Crippen molar-refractivity contribution in [3.8, 4) is 0 Å². The number of rotatable bonds is 2. The standard InChI is InChI=1S/C6H7O6PS.H3O4P.Zr/c7-13(8,9)5-3-1-2-4-6(5)14(10,11)12;1-5(2,3)4;/h1-4H,(H2,7,8,9)(H,10,11,12);(H3,1,2,3,4);/q;;+4/p-4. The van der Waals surface area contributed by atoms with E-state index >= 15 is 0 Å². The summed E-state index contributed by atoms with van der Waals surface area (Å²) < 4.78 is 49.2. The van der Waals surface area contributed by atoms with E-state index in [1.54, 1.807) is 0 Å². The number of benzene rings is 1. The SMILES string of the molecule is O=P([O-])([O-])O.O=P([O-])([O-])c1ccccc1S(=O)(=O)O.[Zr+4]. The number of hydrogen-bond donors (Lipinski definition) is 2. The zero-order valence-electron chi connectivity index (χ0n) is 9.27. The van der Waals surface area contributed by atoms with E-state index in [1.807, 2.05) is 0 Å². The van der Waals surface area contributed by atoms with Gasteiger partial charge in [0, 0.05) is 5.30 Å². The molecule has 110 valence electrons. The third-order valence-electron chi connectivity index (χ3n) is 1.44. The first-order chi connectivity index (χ1) is 8.23. The summed E-state index contributed by atoms with van der Waals surface area (Å²) in [6.45, 7) is 0. The molecular formula is C6H6O10P2SZr. The predicted octanol–water partition coefficient (Wildman–Crippen LogP) is -3.72. The van der Waals surface area contributed by atoms with Crippen LogP contribution in [0.3, 0.4) is 0 Å². The van der Waals surface area contributed by atoms with Gasteiger partial charge in [-0.1, -0.05) is 18.2 Å². The van der Waals surface area contributed by atoms with Crippen LogP contribution in [-0.2, 0) is 45.5 Å². The normalized spacial score (nSPS) is 11.9. The van der Waals surface area contributed by atoms with E-state index in [1.165, 1.54) is 12.1 Å². The van der Waals surface area contributed by atoms with Crippen LogP contribution in [0.2, 0.25) is 0 Å². The second-order valence-electron chi connectivity index (χ2n) is 2.91. The summed E-state index contributed by atoms with van der Waals surface area (Å²) in [4.78, 5) is 44.6. The zero-order chi connectivity index (χ0) is 15.5. The van der Waals surface area contributed by atoms with Gasteiger partial charge in [-0.2, -0.15) is 8.42 Å². The van der Waals surface area contributed by atoms with Crippen LogP contribution < -0.4 is 24.9 Å². The van der Waals surface area contributed by atoms with Crippen molar-refractivity contribution in [2.45, 2.75) is 4.90 Å². The van der Waals surface area contributed by atoms with Gasteiger partial charge in [-0.3, -0.25) is 4.55 Å². The molecule has 1 aromatic rings. The van der Waals surface area contributed by atoms with Gasteiger partial charge in [-0.15, -0.1) is 0 Å². The average molecular weight is 423 g/mol. The molecule has 0 saturated carbocycles. The minimum atomic E-state index is -5.19. The molecule has 20 heavy (non-hydrogen) atoms.